The van der Waals surface area contributed by atoms with Crippen molar-refractivity contribution in [3.8, 4) is 0 Å². The van der Waals surface area contributed by atoms with Crippen molar-refractivity contribution in [2.24, 2.45) is 0 Å². The Kier molecular flexibility index (Phi) is 2.85. The number of hydrogen-bond acceptors (Lipinski definition) is 1. The third kappa shape index (κ3) is 1.78. The zero-order chi connectivity index (χ0) is 11.9. The van der Waals surface area contributed by atoms with E-state index >= 15 is 0 Å². The molecule has 0 heterocycles. The van der Waals surface area contributed by atoms with Crippen LogP contribution in [0.2, 0.25) is 0 Å². The molecule has 82 valence electrons. The molecule has 0 aliphatic heterocycles. The van der Waals surface area contributed by atoms with Gasteiger partial charge in [0, 0.05) is 15.6 Å². The molecule has 0 aromatic heterocycles. The van der Waals surface area contributed by atoms with E-state index in [0.717, 1.165) is 32.3 Å². The molecule has 0 bridgehead atoms. The second kappa shape index (κ2) is 4.02. The molecule has 2 rings (SSSR count). The molecule has 0 spiro atoms. The van der Waals surface area contributed by atoms with Gasteiger partial charge in [-0.2, -0.15) is 0 Å². The highest BCUT2D eigenvalue weighted by Crippen LogP contribution is 2.35. The minimum atomic E-state index is 0.134. The predicted molar refractivity (Wildman–Crippen MR) is 70.5 cm³/mol. The molecule has 0 saturated carbocycles. The summed E-state index contributed by atoms with van der Waals surface area (Å²) in [4.78, 5) is 12.2. The molecule has 0 atom stereocenters. The molecule has 0 saturated heterocycles. The first kappa shape index (κ1) is 11.3. The van der Waals surface area contributed by atoms with Crippen LogP contribution in [0.3, 0.4) is 0 Å². The van der Waals surface area contributed by atoms with Gasteiger partial charge < -0.3 is 0 Å². The standard InChI is InChI=1S/C14H13BrO/c1-8(2)6-12-9(3)11-5-4-10(15)7-13(11)14(12)16/h4-7H,1-3H3. The highest BCUT2D eigenvalue weighted by molar-refractivity contribution is 9.10. The molecule has 0 N–H and O–H groups in total. The predicted octanol–water partition coefficient (Wildman–Crippen LogP) is 4.39. The minimum absolute atomic E-state index is 0.134. The van der Waals surface area contributed by atoms with E-state index in [-0.39, 0.29) is 5.78 Å². The van der Waals surface area contributed by atoms with Gasteiger partial charge in [0.05, 0.1) is 0 Å². The van der Waals surface area contributed by atoms with Gasteiger partial charge in [0.25, 0.3) is 0 Å². The average molecular weight is 277 g/mol. The first-order valence-electron chi connectivity index (χ1n) is 5.21. The normalized spacial score (nSPS) is 14.1. The highest BCUT2D eigenvalue weighted by atomic mass is 79.9. The van der Waals surface area contributed by atoms with Gasteiger partial charge in [0.1, 0.15) is 0 Å². The van der Waals surface area contributed by atoms with Crippen LogP contribution in [0.25, 0.3) is 5.57 Å². The fraction of sp³-hybridized carbons (Fsp3) is 0.214. The quantitative estimate of drug-likeness (QED) is 0.744. The van der Waals surface area contributed by atoms with Crippen molar-refractivity contribution in [2.75, 3.05) is 0 Å². The second-order valence-electron chi connectivity index (χ2n) is 4.28. The zero-order valence-corrected chi connectivity index (χ0v) is 11.2. The molecule has 0 unspecified atom stereocenters. The van der Waals surface area contributed by atoms with E-state index in [1.54, 1.807) is 0 Å². The van der Waals surface area contributed by atoms with E-state index in [4.69, 9.17) is 0 Å². The number of halogens is 1. The maximum atomic E-state index is 12.2. The van der Waals surface area contributed by atoms with Crippen molar-refractivity contribution >= 4 is 27.3 Å². The summed E-state index contributed by atoms with van der Waals surface area (Å²) >= 11 is 3.40. The van der Waals surface area contributed by atoms with Gasteiger partial charge in [-0.3, -0.25) is 4.79 Å². The van der Waals surface area contributed by atoms with Crippen molar-refractivity contribution in [3.05, 3.63) is 51.0 Å². The Labute approximate surface area is 104 Å². The summed E-state index contributed by atoms with van der Waals surface area (Å²) in [5.74, 6) is 0.134. The number of Topliss-reactive ketones (excluding diaryl/α,β-unsaturated/α-hetero) is 1. The molecule has 1 aliphatic rings. The lowest BCUT2D eigenvalue weighted by Gasteiger charge is -1.99. The molecule has 1 aromatic carbocycles. The number of allylic oxidation sites excluding steroid dienone is 4. The van der Waals surface area contributed by atoms with Crippen molar-refractivity contribution < 1.29 is 4.79 Å². The smallest absolute Gasteiger partial charge is 0.193 e. The SMILES string of the molecule is CC(C)=CC1=C(C)c2ccc(Br)cc2C1=O. The molecule has 1 aromatic rings. The Bertz CT molecular complexity index is 532. The van der Waals surface area contributed by atoms with Gasteiger partial charge >= 0.3 is 0 Å². The van der Waals surface area contributed by atoms with E-state index < -0.39 is 0 Å². The molecule has 0 radical (unpaired) electrons. The monoisotopic (exact) mass is 276 g/mol. The number of fused-ring (bicyclic) bond motifs is 1. The van der Waals surface area contributed by atoms with Gasteiger partial charge in [-0.15, -0.1) is 0 Å². The first-order chi connectivity index (χ1) is 7.50. The highest BCUT2D eigenvalue weighted by Gasteiger charge is 2.25. The fourth-order valence-electron chi connectivity index (χ4n) is 1.95. The number of carbonyl (C=O) groups excluding carboxylic acids is 1. The van der Waals surface area contributed by atoms with Crippen LogP contribution in [-0.2, 0) is 0 Å². The maximum Gasteiger partial charge on any atom is 0.193 e. The Morgan fingerprint density at radius 1 is 1.25 bits per heavy atom. The van der Waals surface area contributed by atoms with E-state index in [1.165, 1.54) is 0 Å². The molecular weight excluding hydrogens is 264 g/mol. The van der Waals surface area contributed by atoms with Crippen LogP contribution in [0.4, 0.5) is 0 Å². The summed E-state index contributed by atoms with van der Waals surface area (Å²) in [5.41, 5.74) is 4.91. The topological polar surface area (TPSA) is 17.1 Å². The van der Waals surface area contributed by atoms with Crippen molar-refractivity contribution in [2.45, 2.75) is 20.8 Å². The third-order valence-electron chi connectivity index (χ3n) is 2.71. The molecule has 2 heteroatoms. The van der Waals surface area contributed by atoms with Crippen molar-refractivity contribution in [1.82, 2.24) is 0 Å². The number of carbonyl (C=O) groups is 1. The van der Waals surface area contributed by atoms with E-state index in [2.05, 4.69) is 15.9 Å². The van der Waals surface area contributed by atoms with Crippen molar-refractivity contribution in [3.63, 3.8) is 0 Å². The van der Waals surface area contributed by atoms with Gasteiger partial charge in [0.15, 0.2) is 5.78 Å². The zero-order valence-electron chi connectivity index (χ0n) is 9.60. The van der Waals surface area contributed by atoms with Crippen LogP contribution < -0.4 is 0 Å². The van der Waals surface area contributed by atoms with Crippen LogP contribution in [0.5, 0.6) is 0 Å². The number of ketones is 1. The number of rotatable bonds is 1. The van der Waals surface area contributed by atoms with Gasteiger partial charge in [0.2, 0.25) is 0 Å². The van der Waals surface area contributed by atoms with Crippen LogP contribution in [0, 0.1) is 0 Å². The van der Waals surface area contributed by atoms with Crippen LogP contribution in [-0.4, -0.2) is 5.78 Å². The van der Waals surface area contributed by atoms with Crippen LogP contribution in [0.1, 0.15) is 36.7 Å². The summed E-state index contributed by atoms with van der Waals surface area (Å²) in [7, 11) is 0. The summed E-state index contributed by atoms with van der Waals surface area (Å²) < 4.78 is 0.950. The summed E-state index contributed by atoms with van der Waals surface area (Å²) in [6.07, 6.45) is 1.96. The van der Waals surface area contributed by atoms with E-state index in [9.17, 15) is 4.79 Å². The second-order valence-corrected chi connectivity index (χ2v) is 5.20. The lowest BCUT2D eigenvalue weighted by Crippen LogP contribution is -1.96. The Hall–Kier alpha value is -1.15. The lowest BCUT2D eigenvalue weighted by atomic mass is 10.1. The Balaban J connectivity index is 2.60. The third-order valence-corrected chi connectivity index (χ3v) is 3.21. The largest absolute Gasteiger partial charge is 0.289 e. The van der Waals surface area contributed by atoms with Gasteiger partial charge in [-0.05, 0) is 44.0 Å². The molecule has 1 aliphatic carbocycles. The summed E-state index contributed by atoms with van der Waals surface area (Å²) in [6, 6.07) is 5.87. The van der Waals surface area contributed by atoms with E-state index in [0.29, 0.717) is 0 Å². The van der Waals surface area contributed by atoms with E-state index in [1.807, 2.05) is 45.0 Å². The number of hydrogen-bond donors (Lipinski definition) is 0. The van der Waals surface area contributed by atoms with Gasteiger partial charge in [-0.25, -0.2) is 0 Å². The molecule has 0 amide bonds. The summed E-state index contributed by atoms with van der Waals surface area (Å²) in [6.45, 7) is 6.02. The average Bonchev–Trinajstić information content (AvgIpc) is 2.43. The molecule has 16 heavy (non-hydrogen) atoms. The van der Waals surface area contributed by atoms with Crippen LogP contribution in [0.15, 0.2) is 39.9 Å². The molecule has 0 fully saturated rings. The number of benzene rings is 1. The Morgan fingerprint density at radius 2 is 1.94 bits per heavy atom. The Morgan fingerprint density at radius 3 is 2.56 bits per heavy atom. The van der Waals surface area contributed by atoms with Crippen molar-refractivity contribution in [1.29, 1.82) is 0 Å². The molecular formula is C14H13BrO. The fourth-order valence-corrected chi connectivity index (χ4v) is 2.32. The minimum Gasteiger partial charge on any atom is -0.289 e. The maximum absolute atomic E-state index is 12.2. The summed E-state index contributed by atoms with van der Waals surface area (Å²) in [5, 5.41) is 0. The first-order valence-corrected chi connectivity index (χ1v) is 6.00. The van der Waals surface area contributed by atoms with Crippen LogP contribution >= 0.6 is 15.9 Å². The van der Waals surface area contributed by atoms with Gasteiger partial charge in [-0.1, -0.05) is 33.6 Å². The molecule has 1 nitrogen and oxygen atoms in total. The lowest BCUT2D eigenvalue weighted by molar-refractivity contribution is 0.104.